The summed E-state index contributed by atoms with van der Waals surface area (Å²) >= 11 is 0. The Hall–Kier alpha value is -2.27. The Labute approximate surface area is 124 Å². The van der Waals surface area contributed by atoms with Gasteiger partial charge in [-0.25, -0.2) is 0 Å². The van der Waals surface area contributed by atoms with E-state index in [1.807, 2.05) is 44.1 Å². The summed E-state index contributed by atoms with van der Waals surface area (Å²) in [6.07, 6.45) is 0. The smallest absolute Gasteiger partial charge is 0.291 e. The maximum atomic E-state index is 12.1. The lowest BCUT2D eigenvalue weighted by Crippen LogP contribution is -2.13. The molecule has 1 amide bonds. The molecule has 0 bridgehead atoms. The van der Waals surface area contributed by atoms with Crippen molar-refractivity contribution in [1.82, 2.24) is 0 Å². The molecule has 0 atom stereocenters. The molecule has 0 saturated heterocycles. The molecule has 0 aliphatic carbocycles. The minimum Gasteiger partial charge on any atom is -0.453 e. The van der Waals surface area contributed by atoms with Crippen LogP contribution in [0.25, 0.3) is 0 Å². The number of rotatable bonds is 5. The molecule has 0 saturated carbocycles. The Morgan fingerprint density at radius 3 is 2.67 bits per heavy atom. The van der Waals surface area contributed by atoms with Crippen molar-refractivity contribution in [2.45, 2.75) is 13.5 Å². The molecule has 0 fully saturated rings. The summed E-state index contributed by atoms with van der Waals surface area (Å²) in [6, 6.07) is 9.25. The Bertz CT molecular complexity index is 632. The second kappa shape index (κ2) is 6.45. The zero-order valence-electron chi connectivity index (χ0n) is 12.8. The number of amides is 1. The quantitative estimate of drug-likeness (QED) is 0.918. The molecule has 1 aromatic carbocycles. The zero-order valence-corrected chi connectivity index (χ0v) is 12.8. The van der Waals surface area contributed by atoms with Crippen LogP contribution in [0.4, 0.5) is 11.4 Å². The lowest BCUT2D eigenvalue weighted by Gasteiger charge is -2.15. The number of hydrogen-bond acceptors (Lipinski definition) is 4. The number of nitrogens with zero attached hydrogens (tertiary/aromatic N) is 1. The van der Waals surface area contributed by atoms with Gasteiger partial charge in [0.15, 0.2) is 5.76 Å². The number of benzene rings is 1. The van der Waals surface area contributed by atoms with Crippen LogP contribution in [-0.4, -0.2) is 27.1 Å². The highest BCUT2D eigenvalue weighted by Crippen LogP contribution is 2.22. The zero-order chi connectivity index (χ0) is 15.4. The maximum absolute atomic E-state index is 12.1. The second-order valence-corrected chi connectivity index (χ2v) is 5.05. The fourth-order valence-corrected chi connectivity index (χ4v) is 1.97. The van der Waals surface area contributed by atoms with E-state index in [-0.39, 0.29) is 11.7 Å². The van der Waals surface area contributed by atoms with Gasteiger partial charge in [0.25, 0.3) is 5.91 Å². The van der Waals surface area contributed by atoms with E-state index in [4.69, 9.17) is 9.15 Å². The molecule has 1 aromatic heterocycles. The summed E-state index contributed by atoms with van der Waals surface area (Å²) in [6.45, 7) is 2.31. The third-order valence-electron chi connectivity index (χ3n) is 3.15. The minimum atomic E-state index is -0.266. The highest BCUT2D eigenvalue weighted by molar-refractivity contribution is 6.02. The standard InChI is InChI=1S/C16H20N2O3/c1-11-9-12(18(2)3)5-7-14(11)17-16(19)15-8-6-13(21-15)10-20-4/h5-9H,10H2,1-4H3,(H,17,19). The first-order chi connectivity index (χ1) is 10.0. The van der Waals surface area contributed by atoms with E-state index in [1.54, 1.807) is 19.2 Å². The van der Waals surface area contributed by atoms with Crippen LogP contribution >= 0.6 is 0 Å². The first kappa shape index (κ1) is 15.1. The van der Waals surface area contributed by atoms with Crippen LogP contribution in [0.5, 0.6) is 0 Å². The Morgan fingerprint density at radius 2 is 2.05 bits per heavy atom. The van der Waals surface area contributed by atoms with Crippen LogP contribution in [0.1, 0.15) is 21.9 Å². The van der Waals surface area contributed by atoms with Crippen molar-refractivity contribution >= 4 is 17.3 Å². The molecule has 2 rings (SSSR count). The van der Waals surface area contributed by atoms with Gasteiger partial charge in [0.2, 0.25) is 0 Å². The molecule has 2 aromatic rings. The molecule has 0 radical (unpaired) electrons. The maximum Gasteiger partial charge on any atom is 0.291 e. The third kappa shape index (κ3) is 3.64. The van der Waals surface area contributed by atoms with E-state index in [2.05, 4.69) is 5.32 Å². The van der Waals surface area contributed by atoms with Gasteiger partial charge in [-0.3, -0.25) is 4.79 Å². The number of anilines is 2. The molecule has 5 heteroatoms. The van der Waals surface area contributed by atoms with Crippen molar-refractivity contribution in [1.29, 1.82) is 0 Å². The average Bonchev–Trinajstić information content (AvgIpc) is 2.90. The van der Waals surface area contributed by atoms with E-state index < -0.39 is 0 Å². The average molecular weight is 288 g/mol. The molecule has 1 heterocycles. The summed E-state index contributed by atoms with van der Waals surface area (Å²) in [4.78, 5) is 14.2. The van der Waals surface area contributed by atoms with Crippen LogP contribution in [-0.2, 0) is 11.3 Å². The highest BCUT2D eigenvalue weighted by atomic mass is 16.5. The van der Waals surface area contributed by atoms with Gasteiger partial charge < -0.3 is 19.4 Å². The van der Waals surface area contributed by atoms with Gasteiger partial charge in [-0.05, 0) is 42.8 Å². The number of aryl methyl sites for hydroxylation is 1. The van der Waals surface area contributed by atoms with E-state index >= 15 is 0 Å². The first-order valence-electron chi connectivity index (χ1n) is 6.68. The Kier molecular flexibility index (Phi) is 4.65. The summed E-state index contributed by atoms with van der Waals surface area (Å²) in [5.41, 5.74) is 2.86. The van der Waals surface area contributed by atoms with E-state index in [0.29, 0.717) is 12.4 Å². The van der Waals surface area contributed by atoms with Gasteiger partial charge in [0, 0.05) is 32.6 Å². The molecule has 0 spiro atoms. The number of carbonyl (C=O) groups excluding carboxylic acids is 1. The normalized spacial score (nSPS) is 10.5. The molecule has 0 unspecified atom stereocenters. The van der Waals surface area contributed by atoms with Crippen molar-refractivity contribution in [3.63, 3.8) is 0 Å². The van der Waals surface area contributed by atoms with Crippen molar-refractivity contribution in [2.24, 2.45) is 0 Å². The summed E-state index contributed by atoms with van der Waals surface area (Å²) < 4.78 is 10.4. The van der Waals surface area contributed by atoms with Crippen molar-refractivity contribution < 1.29 is 13.9 Å². The van der Waals surface area contributed by atoms with Crippen LogP contribution in [0.3, 0.4) is 0 Å². The summed E-state index contributed by atoms with van der Waals surface area (Å²) in [7, 11) is 5.54. The van der Waals surface area contributed by atoms with E-state index in [1.165, 1.54) is 0 Å². The summed E-state index contributed by atoms with van der Waals surface area (Å²) in [5, 5.41) is 2.86. The predicted molar refractivity (Wildman–Crippen MR) is 82.9 cm³/mol. The van der Waals surface area contributed by atoms with Gasteiger partial charge in [0.05, 0.1) is 0 Å². The molecule has 1 N–H and O–H groups in total. The number of furan rings is 1. The number of methoxy groups -OCH3 is 1. The number of hydrogen-bond donors (Lipinski definition) is 1. The van der Waals surface area contributed by atoms with Gasteiger partial charge in [0.1, 0.15) is 12.4 Å². The summed E-state index contributed by atoms with van der Waals surface area (Å²) in [5.74, 6) is 0.638. The number of nitrogens with one attached hydrogen (secondary N) is 1. The third-order valence-corrected chi connectivity index (χ3v) is 3.15. The van der Waals surface area contributed by atoms with Crippen LogP contribution in [0.2, 0.25) is 0 Å². The van der Waals surface area contributed by atoms with Gasteiger partial charge >= 0.3 is 0 Å². The largest absolute Gasteiger partial charge is 0.453 e. The van der Waals surface area contributed by atoms with Crippen LogP contribution in [0, 0.1) is 6.92 Å². The van der Waals surface area contributed by atoms with Crippen molar-refractivity contribution in [3.8, 4) is 0 Å². The molecule has 112 valence electrons. The van der Waals surface area contributed by atoms with E-state index in [0.717, 1.165) is 16.9 Å². The Morgan fingerprint density at radius 1 is 1.29 bits per heavy atom. The number of carbonyl (C=O) groups is 1. The molecular formula is C16H20N2O3. The van der Waals surface area contributed by atoms with E-state index in [9.17, 15) is 4.79 Å². The predicted octanol–water partition coefficient (Wildman–Crippen LogP) is 3.05. The second-order valence-electron chi connectivity index (χ2n) is 5.05. The van der Waals surface area contributed by atoms with Crippen molar-refractivity contribution in [3.05, 3.63) is 47.4 Å². The van der Waals surface area contributed by atoms with Crippen LogP contribution in [0.15, 0.2) is 34.7 Å². The fourth-order valence-electron chi connectivity index (χ4n) is 1.97. The topological polar surface area (TPSA) is 54.7 Å². The number of ether oxygens (including phenoxy) is 1. The molecule has 5 nitrogen and oxygen atoms in total. The molecule has 0 aliphatic heterocycles. The fraction of sp³-hybridized carbons (Fsp3) is 0.312. The lowest BCUT2D eigenvalue weighted by molar-refractivity contribution is 0.0987. The molecular weight excluding hydrogens is 268 g/mol. The lowest BCUT2D eigenvalue weighted by atomic mass is 10.1. The highest BCUT2D eigenvalue weighted by Gasteiger charge is 2.12. The molecule has 21 heavy (non-hydrogen) atoms. The SMILES string of the molecule is COCc1ccc(C(=O)Nc2ccc(N(C)C)cc2C)o1. The van der Waals surface area contributed by atoms with Gasteiger partial charge in [-0.1, -0.05) is 0 Å². The monoisotopic (exact) mass is 288 g/mol. The van der Waals surface area contributed by atoms with Crippen molar-refractivity contribution in [2.75, 3.05) is 31.4 Å². The van der Waals surface area contributed by atoms with Crippen LogP contribution < -0.4 is 10.2 Å². The van der Waals surface area contributed by atoms with Gasteiger partial charge in [-0.2, -0.15) is 0 Å². The minimum absolute atomic E-state index is 0.266. The first-order valence-corrected chi connectivity index (χ1v) is 6.68. The van der Waals surface area contributed by atoms with Gasteiger partial charge in [-0.15, -0.1) is 0 Å². The Balaban J connectivity index is 2.11. The molecule has 0 aliphatic rings.